The molecule has 0 saturated carbocycles. The predicted molar refractivity (Wildman–Crippen MR) is 121 cm³/mol. The van der Waals surface area contributed by atoms with Crippen LogP contribution in [0.2, 0.25) is 10.0 Å². The van der Waals surface area contributed by atoms with Crippen LogP contribution in [0.5, 0.6) is 5.75 Å². The number of hydrogen-bond donors (Lipinski definition) is 0. The molecule has 1 unspecified atom stereocenters. The second-order valence-corrected chi connectivity index (χ2v) is 8.45. The zero-order valence-electron chi connectivity index (χ0n) is 17.3. The maximum absolute atomic E-state index is 13.3. The van der Waals surface area contributed by atoms with Gasteiger partial charge in [0.15, 0.2) is 5.78 Å². The van der Waals surface area contributed by atoms with Gasteiger partial charge in [-0.15, -0.1) is 0 Å². The number of nitro groups is 1. The standard InChI is InChI=1S/C23H20Cl2N2O5/c1-2-32-14-7-9-18(20(11-14)27(30)31)26-19-4-3-5-21(28)23(19)15(12-22(26)29)13-6-8-16(24)17(25)10-13/h6-11,15H,2-5,12H2,1H3. The van der Waals surface area contributed by atoms with Crippen molar-refractivity contribution in [2.75, 3.05) is 11.5 Å². The van der Waals surface area contributed by atoms with Crippen molar-refractivity contribution >= 4 is 46.3 Å². The predicted octanol–water partition coefficient (Wildman–Crippen LogP) is 5.83. The van der Waals surface area contributed by atoms with Crippen LogP contribution in [-0.2, 0) is 9.59 Å². The summed E-state index contributed by atoms with van der Waals surface area (Å²) in [5.41, 5.74) is 1.63. The Balaban J connectivity index is 1.87. The summed E-state index contributed by atoms with van der Waals surface area (Å²) in [6.45, 7) is 2.13. The van der Waals surface area contributed by atoms with Crippen LogP contribution < -0.4 is 9.64 Å². The first-order chi connectivity index (χ1) is 15.3. The van der Waals surface area contributed by atoms with E-state index in [-0.39, 0.29) is 29.5 Å². The molecule has 9 heteroatoms. The van der Waals surface area contributed by atoms with Crippen molar-refractivity contribution in [3.63, 3.8) is 0 Å². The maximum atomic E-state index is 13.3. The Morgan fingerprint density at radius 1 is 1.12 bits per heavy atom. The molecule has 2 aromatic carbocycles. The van der Waals surface area contributed by atoms with Crippen LogP contribution in [0.3, 0.4) is 0 Å². The Morgan fingerprint density at radius 2 is 1.91 bits per heavy atom. The fraction of sp³-hybridized carbons (Fsp3) is 0.304. The van der Waals surface area contributed by atoms with E-state index in [1.54, 1.807) is 31.2 Å². The number of benzene rings is 2. The fourth-order valence-electron chi connectivity index (χ4n) is 4.38. The Hall–Kier alpha value is -2.90. The zero-order valence-corrected chi connectivity index (χ0v) is 18.8. The van der Waals surface area contributed by atoms with Crippen molar-refractivity contribution in [2.45, 2.75) is 38.5 Å². The lowest BCUT2D eigenvalue weighted by Gasteiger charge is -2.38. The van der Waals surface area contributed by atoms with E-state index in [9.17, 15) is 19.7 Å². The highest BCUT2D eigenvalue weighted by Gasteiger charge is 2.41. The Labute approximate surface area is 194 Å². The normalized spacial score (nSPS) is 18.6. The van der Waals surface area contributed by atoms with Gasteiger partial charge in [-0.05, 0) is 49.6 Å². The molecule has 0 N–H and O–H groups in total. The number of Topliss-reactive ketones (excluding diaryl/α,β-unsaturated/α-hetero) is 1. The summed E-state index contributed by atoms with van der Waals surface area (Å²) in [4.78, 5) is 39.0. The maximum Gasteiger partial charge on any atom is 0.297 e. The van der Waals surface area contributed by atoms with E-state index in [1.165, 1.54) is 17.0 Å². The van der Waals surface area contributed by atoms with E-state index < -0.39 is 10.8 Å². The fourth-order valence-corrected chi connectivity index (χ4v) is 4.69. The molecule has 32 heavy (non-hydrogen) atoms. The molecule has 1 heterocycles. The molecular formula is C23H20Cl2N2O5. The number of ether oxygens (including phenoxy) is 1. The number of carbonyl (C=O) groups excluding carboxylic acids is 2. The highest BCUT2D eigenvalue weighted by Crippen LogP contribution is 2.46. The molecule has 0 spiro atoms. The van der Waals surface area contributed by atoms with Crippen molar-refractivity contribution in [2.24, 2.45) is 0 Å². The number of allylic oxidation sites excluding steroid dienone is 2. The van der Waals surface area contributed by atoms with E-state index in [0.717, 1.165) is 5.56 Å². The van der Waals surface area contributed by atoms with Crippen LogP contribution in [0.15, 0.2) is 47.7 Å². The molecule has 2 aromatic rings. The molecule has 1 aliphatic carbocycles. The third kappa shape index (κ3) is 3.98. The number of halogens is 2. The van der Waals surface area contributed by atoms with Crippen LogP contribution in [-0.4, -0.2) is 23.2 Å². The number of carbonyl (C=O) groups is 2. The average Bonchev–Trinajstić information content (AvgIpc) is 2.76. The topological polar surface area (TPSA) is 89.8 Å². The Bertz CT molecular complexity index is 1160. The van der Waals surface area contributed by atoms with Gasteiger partial charge in [-0.1, -0.05) is 29.3 Å². The second kappa shape index (κ2) is 8.92. The van der Waals surface area contributed by atoms with Gasteiger partial charge in [0.25, 0.3) is 5.69 Å². The summed E-state index contributed by atoms with van der Waals surface area (Å²) in [5.74, 6) is -0.511. The first kappa shape index (κ1) is 22.3. The molecule has 0 radical (unpaired) electrons. The van der Waals surface area contributed by atoms with Gasteiger partial charge in [0, 0.05) is 30.0 Å². The van der Waals surface area contributed by atoms with Crippen molar-refractivity contribution in [3.05, 3.63) is 73.4 Å². The summed E-state index contributed by atoms with van der Waals surface area (Å²) in [5, 5.41) is 12.5. The first-order valence-corrected chi connectivity index (χ1v) is 11.0. The molecule has 2 aliphatic rings. The smallest absolute Gasteiger partial charge is 0.297 e. The number of amides is 1. The molecule has 0 saturated heterocycles. The lowest BCUT2D eigenvalue weighted by Crippen LogP contribution is -2.40. The number of hydrogen-bond acceptors (Lipinski definition) is 5. The van der Waals surface area contributed by atoms with Crippen molar-refractivity contribution in [1.29, 1.82) is 0 Å². The SMILES string of the molecule is CCOc1ccc(N2C(=O)CC(c3ccc(Cl)c(Cl)c3)C3=C2CCCC3=O)c([N+](=O)[O-])c1. The van der Waals surface area contributed by atoms with Crippen LogP contribution in [0, 0.1) is 10.1 Å². The number of rotatable bonds is 5. The molecule has 166 valence electrons. The third-order valence-corrected chi connectivity index (χ3v) is 6.46. The van der Waals surface area contributed by atoms with Gasteiger partial charge in [-0.3, -0.25) is 24.6 Å². The molecule has 1 aliphatic heterocycles. The van der Waals surface area contributed by atoms with Gasteiger partial charge in [-0.25, -0.2) is 0 Å². The van der Waals surface area contributed by atoms with E-state index >= 15 is 0 Å². The van der Waals surface area contributed by atoms with Crippen LogP contribution in [0.4, 0.5) is 11.4 Å². The molecule has 0 bridgehead atoms. The minimum Gasteiger partial charge on any atom is -0.494 e. The Morgan fingerprint density at radius 3 is 2.59 bits per heavy atom. The Kier molecular flexibility index (Phi) is 6.22. The third-order valence-electron chi connectivity index (χ3n) is 5.72. The molecule has 4 rings (SSSR count). The zero-order chi connectivity index (χ0) is 23.0. The minimum atomic E-state index is -0.541. The van der Waals surface area contributed by atoms with Crippen molar-refractivity contribution < 1.29 is 19.2 Å². The molecular weight excluding hydrogens is 455 g/mol. The monoisotopic (exact) mass is 474 g/mol. The van der Waals surface area contributed by atoms with E-state index in [4.69, 9.17) is 27.9 Å². The summed E-state index contributed by atoms with van der Waals surface area (Å²) >= 11 is 12.2. The number of nitrogens with zero attached hydrogens (tertiary/aromatic N) is 2. The first-order valence-electron chi connectivity index (χ1n) is 10.3. The highest BCUT2D eigenvalue weighted by atomic mass is 35.5. The van der Waals surface area contributed by atoms with Gasteiger partial charge >= 0.3 is 0 Å². The molecule has 0 aromatic heterocycles. The van der Waals surface area contributed by atoms with E-state index in [2.05, 4.69) is 0 Å². The summed E-state index contributed by atoms with van der Waals surface area (Å²) < 4.78 is 5.39. The van der Waals surface area contributed by atoms with Crippen LogP contribution >= 0.6 is 23.2 Å². The lowest BCUT2D eigenvalue weighted by molar-refractivity contribution is -0.384. The molecule has 0 fully saturated rings. The van der Waals surface area contributed by atoms with E-state index in [0.29, 0.717) is 52.9 Å². The van der Waals surface area contributed by atoms with Gasteiger partial charge in [0.2, 0.25) is 5.91 Å². The quantitative estimate of drug-likeness (QED) is 0.401. The van der Waals surface area contributed by atoms with Crippen LogP contribution in [0.1, 0.15) is 44.1 Å². The molecule has 7 nitrogen and oxygen atoms in total. The second-order valence-electron chi connectivity index (χ2n) is 7.64. The van der Waals surface area contributed by atoms with Gasteiger partial charge in [0.1, 0.15) is 11.4 Å². The van der Waals surface area contributed by atoms with Crippen molar-refractivity contribution in [1.82, 2.24) is 0 Å². The number of nitro benzene ring substituents is 1. The van der Waals surface area contributed by atoms with Crippen LogP contribution in [0.25, 0.3) is 0 Å². The minimum absolute atomic E-state index is 0.00704. The van der Waals surface area contributed by atoms with E-state index in [1.807, 2.05) is 0 Å². The lowest BCUT2D eigenvalue weighted by atomic mass is 9.77. The average molecular weight is 475 g/mol. The summed E-state index contributed by atoms with van der Waals surface area (Å²) in [6, 6.07) is 9.47. The van der Waals surface area contributed by atoms with Gasteiger partial charge in [-0.2, -0.15) is 0 Å². The highest BCUT2D eigenvalue weighted by molar-refractivity contribution is 6.42. The summed E-state index contributed by atoms with van der Waals surface area (Å²) in [6.07, 6.45) is 1.40. The summed E-state index contributed by atoms with van der Waals surface area (Å²) in [7, 11) is 0. The van der Waals surface area contributed by atoms with Gasteiger partial charge in [0.05, 0.1) is 27.6 Å². The molecule has 1 atom stereocenters. The number of anilines is 1. The largest absolute Gasteiger partial charge is 0.494 e. The molecule has 1 amide bonds. The number of ketones is 1. The van der Waals surface area contributed by atoms with Gasteiger partial charge < -0.3 is 4.74 Å². The van der Waals surface area contributed by atoms with Crippen molar-refractivity contribution in [3.8, 4) is 5.75 Å².